The predicted octanol–water partition coefficient (Wildman–Crippen LogP) is 3.22. The fraction of sp³-hybridized carbons (Fsp3) is 0.294. The smallest absolute Gasteiger partial charge is 0.127 e. The molecule has 0 spiro atoms. The van der Waals surface area contributed by atoms with E-state index in [0.29, 0.717) is 18.7 Å². The Hall–Kier alpha value is -1.71. The number of halogens is 1. The van der Waals surface area contributed by atoms with Crippen LogP contribution in [0.5, 0.6) is 0 Å². The highest BCUT2D eigenvalue weighted by Crippen LogP contribution is 2.14. The fourth-order valence-electron chi connectivity index (χ4n) is 2.35. The van der Waals surface area contributed by atoms with Crippen LogP contribution in [0.15, 0.2) is 42.5 Å². The van der Waals surface area contributed by atoms with Crippen molar-refractivity contribution in [2.24, 2.45) is 5.73 Å². The fourth-order valence-corrected chi connectivity index (χ4v) is 2.35. The van der Waals surface area contributed by atoms with Gasteiger partial charge < -0.3 is 5.73 Å². The molecule has 0 heterocycles. The molecule has 106 valence electrons. The molecule has 2 nitrogen and oxygen atoms in total. The second kappa shape index (κ2) is 6.64. The molecule has 0 aliphatic rings. The molecule has 0 amide bonds. The molecule has 0 radical (unpaired) electrons. The number of nitrogens with zero attached hydrogens (tertiary/aromatic N) is 1. The number of nitrogens with two attached hydrogens (primary N) is 1. The summed E-state index contributed by atoms with van der Waals surface area (Å²) in [5.41, 5.74) is 9.75. The Morgan fingerprint density at radius 3 is 2.55 bits per heavy atom. The summed E-state index contributed by atoms with van der Waals surface area (Å²) in [5.74, 6) is -0.168. The van der Waals surface area contributed by atoms with Gasteiger partial charge in [-0.15, -0.1) is 0 Å². The van der Waals surface area contributed by atoms with Gasteiger partial charge in [0.2, 0.25) is 0 Å². The van der Waals surface area contributed by atoms with Gasteiger partial charge in [0.25, 0.3) is 0 Å². The lowest BCUT2D eigenvalue weighted by molar-refractivity contribution is 0.313. The van der Waals surface area contributed by atoms with Crippen LogP contribution < -0.4 is 5.73 Å². The van der Waals surface area contributed by atoms with Crippen LogP contribution in [-0.2, 0) is 19.6 Å². The average Bonchev–Trinajstić information content (AvgIpc) is 2.41. The first-order valence-corrected chi connectivity index (χ1v) is 6.80. The molecule has 0 aromatic heterocycles. The maximum atomic E-state index is 13.8. The molecular formula is C17H21FN2. The molecule has 2 aromatic carbocycles. The van der Waals surface area contributed by atoms with Crippen LogP contribution in [0.3, 0.4) is 0 Å². The number of rotatable bonds is 5. The van der Waals surface area contributed by atoms with E-state index in [1.165, 1.54) is 17.2 Å². The Labute approximate surface area is 120 Å². The van der Waals surface area contributed by atoms with E-state index in [0.717, 1.165) is 12.1 Å². The first-order chi connectivity index (χ1) is 9.58. The van der Waals surface area contributed by atoms with E-state index in [1.54, 1.807) is 6.07 Å². The van der Waals surface area contributed by atoms with Gasteiger partial charge in [0.1, 0.15) is 5.82 Å². The molecule has 20 heavy (non-hydrogen) atoms. The van der Waals surface area contributed by atoms with Crippen LogP contribution in [-0.4, -0.2) is 11.9 Å². The maximum absolute atomic E-state index is 13.8. The number of aryl methyl sites for hydroxylation is 1. The summed E-state index contributed by atoms with van der Waals surface area (Å²) < 4.78 is 13.8. The second-order valence-electron chi connectivity index (χ2n) is 5.29. The van der Waals surface area contributed by atoms with Crippen molar-refractivity contribution in [2.45, 2.75) is 26.6 Å². The van der Waals surface area contributed by atoms with Gasteiger partial charge in [0, 0.05) is 25.2 Å². The van der Waals surface area contributed by atoms with Gasteiger partial charge in [-0.2, -0.15) is 0 Å². The SMILES string of the molecule is Cc1cccc(CN(C)Cc2cc(CN)ccc2F)c1. The van der Waals surface area contributed by atoms with Crippen LogP contribution in [0, 0.1) is 12.7 Å². The van der Waals surface area contributed by atoms with Crippen molar-refractivity contribution in [3.63, 3.8) is 0 Å². The number of benzene rings is 2. The molecule has 0 bridgehead atoms. The van der Waals surface area contributed by atoms with Gasteiger partial charge in [0.05, 0.1) is 0 Å². The van der Waals surface area contributed by atoms with Crippen molar-refractivity contribution in [2.75, 3.05) is 7.05 Å². The zero-order chi connectivity index (χ0) is 14.5. The first kappa shape index (κ1) is 14.7. The minimum atomic E-state index is -0.168. The topological polar surface area (TPSA) is 29.3 Å². The molecule has 3 heteroatoms. The van der Waals surface area contributed by atoms with Crippen molar-refractivity contribution in [1.29, 1.82) is 0 Å². The van der Waals surface area contributed by atoms with E-state index >= 15 is 0 Å². The molecule has 0 saturated carbocycles. The lowest BCUT2D eigenvalue weighted by Gasteiger charge is -2.18. The molecule has 0 unspecified atom stereocenters. The van der Waals surface area contributed by atoms with Crippen molar-refractivity contribution < 1.29 is 4.39 Å². The van der Waals surface area contributed by atoms with Crippen LogP contribution >= 0.6 is 0 Å². The maximum Gasteiger partial charge on any atom is 0.127 e. The van der Waals surface area contributed by atoms with Crippen molar-refractivity contribution in [3.05, 3.63) is 70.5 Å². The molecule has 2 N–H and O–H groups in total. The normalized spacial score (nSPS) is 11.1. The molecule has 2 rings (SSSR count). The van der Waals surface area contributed by atoms with Gasteiger partial charge in [-0.1, -0.05) is 42.0 Å². The van der Waals surface area contributed by atoms with E-state index in [9.17, 15) is 4.39 Å². The Morgan fingerprint density at radius 2 is 1.85 bits per heavy atom. The third kappa shape index (κ3) is 3.89. The number of hydrogen-bond donors (Lipinski definition) is 1. The summed E-state index contributed by atoms with van der Waals surface area (Å²) in [4.78, 5) is 2.10. The Morgan fingerprint density at radius 1 is 1.05 bits per heavy atom. The van der Waals surface area contributed by atoms with Crippen LogP contribution in [0.25, 0.3) is 0 Å². The quantitative estimate of drug-likeness (QED) is 0.905. The van der Waals surface area contributed by atoms with Gasteiger partial charge in [-0.05, 0) is 31.2 Å². The van der Waals surface area contributed by atoms with E-state index in [4.69, 9.17) is 5.73 Å². The Bertz CT molecular complexity index is 581. The van der Waals surface area contributed by atoms with E-state index in [1.807, 2.05) is 19.2 Å². The van der Waals surface area contributed by atoms with E-state index < -0.39 is 0 Å². The van der Waals surface area contributed by atoms with Crippen molar-refractivity contribution >= 4 is 0 Å². The number of hydrogen-bond acceptors (Lipinski definition) is 2. The molecule has 0 saturated heterocycles. The minimum absolute atomic E-state index is 0.168. The van der Waals surface area contributed by atoms with E-state index in [2.05, 4.69) is 30.0 Å². The first-order valence-electron chi connectivity index (χ1n) is 6.80. The van der Waals surface area contributed by atoms with Crippen LogP contribution in [0.1, 0.15) is 22.3 Å². The highest BCUT2D eigenvalue weighted by molar-refractivity contribution is 5.26. The van der Waals surface area contributed by atoms with E-state index in [-0.39, 0.29) is 5.82 Å². The molecule has 2 aromatic rings. The minimum Gasteiger partial charge on any atom is -0.326 e. The van der Waals surface area contributed by atoms with Crippen molar-refractivity contribution in [1.82, 2.24) is 4.90 Å². The standard InChI is InChI=1S/C17H21FN2/c1-13-4-3-5-15(8-13)11-20(2)12-16-9-14(10-19)6-7-17(16)18/h3-9H,10-12,19H2,1-2H3. The lowest BCUT2D eigenvalue weighted by Crippen LogP contribution is -2.18. The third-order valence-corrected chi connectivity index (χ3v) is 3.32. The van der Waals surface area contributed by atoms with Gasteiger partial charge in [0.15, 0.2) is 0 Å². The molecular weight excluding hydrogens is 251 g/mol. The summed E-state index contributed by atoms with van der Waals surface area (Å²) in [6, 6.07) is 13.5. The highest BCUT2D eigenvalue weighted by atomic mass is 19.1. The van der Waals surface area contributed by atoms with Crippen LogP contribution in [0.2, 0.25) is 0 Å². The lowest BCUT2D eigenvalue weighted by atomic mass is 10.1. The molecule has 0 aliphatic heterocycles. The molecule has 0 atom stereocenters. The second-order valence-corrected chi connectivity index (χ2v) is 5.29. The molecule has 0 aliphatic carbocycles. The van der Waals surface area contributed by atoms with Crippen LogP contribution in [0.4, 0.5) is 4.39 Å². The summed E-state index contributed by atoms with van der Waals surface area (Å²) in [6.07, 6.45) is 0. The molecule has 0 fully saturated rings. The monoisotopic (exact) mass is 272 g/mol. The zero-order valence-electron chi connectivity index (χ0n) is 12.1. The summed E-state index contributed by atoms with van der Waals surface area (Å²) >= 11 is 0. The van der Waals surface area contributed by atoms with Crippen molar-refractivity contribution in [3.8, 4) is 0 Å². The summed E-state index contributed by atoms with van der Waals surface area (Å²) in [7, 11) is 2.00. The Kier molecular flexibility index (Phi) is 4.88. The Balaban J connectivity index is 2.06. The highest BCUT2D eigenvalue weighted by Gasteiger charge is 2.07. The largest absolute Gasteiger partial charge is 0.326 e. The van der Waals surface area contributed by atoms with Gasteiger partial charge in [-0.25, -0.2) is 4.39 Å². The van der Waals surface area contributed by atoms with Gasteiger partial charge >= 0.3 is 0 Å². The summed E-state index contributed by atoms with van der Waals surface area (Å²) in [5, 5.41) is 0. The summed E-state index contributed by atoms with van der Waals surface area (Å²) in [6.45, 7) is 3.89. The third-order valence-electron chi connectivity index (χ3n) is 3.32. The van der Waals surface area contributed by atoms with Gasteiger partial charge in [-0.3, -0.25) is 4.90 Å². The predicted molar refractivity (Wildman–Crippen MR) is 80.6 cm³/mol. The average molecular weight is 272 g/mol. The zero-order valence-corrected chi connectivity index (χ0v) is 12.1.